The number of hydrogen-bond acceptors (Lipinski definition) is 5. The molecule has 1 aliphatic carbocycles. The van der Waals surface area contributed by atoms with Crippen LogP contribution in [0.4, 0.5) is 0 Å². The smallest absolute Gasteiger partial charge is 0.185 e. The highest BCUT2D eigenvalue weighted by Crippen LogP contribution is 2.41. The summed E-state index contributed by atoms with van der Waals surface area (Å²) < 4.78 is 0. The summed E-state index contributed by atoms with van der Waals surface area (Å²) in [5.74, 6) is -4.47. The molecule has 2 N–H and O–H groups in total. The first-order valence-electron chi connectivity index (χ1n) is 9.20. The molecule has 0 saturated heterocycles. The van der Waals surface area contributed by atoms with Gasteiger partial charge in [0.05, 0.1) is 12.0 Å². The van der Waals surface area contributed by atoms with Crippen molar-refractivity contribution < 1.29 is 24.6 Å². The van der Waals surface area contributed by atoms with E-state index in [-0.39, 0.29) is 25.2 Å². The summed E-state index contributed by atoms with van der Waals surface area (Å²) in [5, 5.41) is 21.7. The van der Waals surface area contributed by atoms with Gasteiger partial charge in [0.25, 0.3) is 0 Å². The molecule has 4 atom stereocenters. The van der Waals surface area contributed by atoms with Gasteiger partial charge < -0.3 is 10.2 Å². The van der Waals surface area contributed by atoms with Crippen molar-refractivity contribution in [2.24, 2.45) is 17.8 Å². The molecule has 1 rings (SSSR count). The summed E-state index contributed by atoms with van der Waals surface area (Å²) in [6.07, 6.45) is 2.30. The van der Waals surface area contributed by atoms with Crippen LogP contribution in [0.3, 0.4) is 0 Å². The predicted molar refractivity (Wildman–Crippen MR) is 101 cm³/mol. The minimum absolute atomic E-state index is 0.00335. The molecule has 146 valence electrons. The van der Waals surface area contributed by atoms with E-state index in [1.807, 2.05) is 41.5 Å². The quantitative estimate of drug-likeness (QED) is 0.510. The summed E-state index contributed by atoms with van der Waals surface area (Å²) in [4.78, 5) is 38.2. The van der Waals surface area contributed by atoms with Crippen LogP contribution in [0.1, 0.15) is 60.8 Å². The van der Waals surface area contributed by atoms with Crippen LogP contribution in [-0.4, -0.2) is 39.3 Å². The Labute approximate surface area is 156 Å². The predicted octanol–water partition coefficient (Wildman–Crippen LogP) is 2.79. The summed E-state index contributed by atoms with van der Waals surface area (Å²) >= 11 is 0. The molecule has 1 fully saturated rings. The molecular weight excluding hydrogens is 332 g/mol. The summed E-state index contributed by atoms with van der Waals surface area (Å²) in [6, 6.07) is 0. The second-order valence-electron chi connectivity index (χ2n) is 8.19. The molecule has 0 radical (unpaired) electrons. The van der Waals surface area contributed by atoms with Crippen molar-refractivity contribution in [1.29, 1.82) is 0 Å². The second-order valence-corrected chi connectivity index (χ2v) is 8.19. The van der Waals surface area contributed by atoms with Crippen LogP contribution in [0.25, 0.3) is 0 Å². The number of Topliss-reactive ketones (excluding diaryl/α,β-unsaturated/α-hetero) is 3. The average Bonchev–Trinajstić information content (AvgIpc) is 2.69. The van der Waals surface area contributed by atoms with Gasteiger partial charge in [-0.2, -0.15) is 0 Å². The van der Waals surface area contributed by atoms with Gasteiger partial charge in [0, 0.05) is 6.42 Å². The van der Waals surface area contributed by atoms with Gasteiger partial charge in [-0.05, 0) is 46.5 Å². The van der Waals surface area contributed by atoms with Crippen molar-refractivity contribution in [1.82, 2.24) is 0 Å². The fourth-order valence-corrected chi connectivity index (χ4v) is 3.35. The number of ketones is 3. The van der Waals surface area contributed by atoms with E-state index in [1.165, 1.54) is 0 Å². The van der Waals surface area contributed by atoms with Crippen molar-refractivity contribution >= 4 is 17.3 Å². The average molecular weight is 364 g/mol. The lowest BCUT2D eigenvalue weighted by molar-refractivity contribution is -0.155. The molecule has 0 spiro atoms. The fourth-order valence-electron chi connectivity index (χ4n) is 3.35. The monoisotopic (exact) mass is 364 g/mol. The van der Waals surface area contributed by atoms with E-state index in [4.69, 9.17) is 0 Å². The van der Waals surface area contributed by atoms with Crippen molar-refractivity contribution in [2.45, 2.75) is 72.5 Å². The lowest BCUT2D eigenvalue weighted by Gasteiger charge is -2.31. The van der Waals surface area contributed by atoms with Crippen LogP contribution in [0.15, 0.2) is 23.3 Å². The molecule has 0 heterocycles. The number of rotatable bonds is 8. The first-order chi connectivity index (χ1) is 11.9. The Morgan fingerprint density at radius 1 is 1.12 bits per heavy atom. The van der Waals surface area contributed by atoms with Gasteiger partial charge in [0.2, 0.25) is 0 Å². The first-order valence-corrected chi connectivity index (χ1v) is 9.20. The number of aliphatic hydroxyl groups excluding tert-OH is 1. The van der Waals surface area contributed by atoms with Crippen LogP contribution >= 0.6 is 0 Å². The molecule has 1 unspecified atom stereocenters. The van der Waals surface area contributed by atoms with E-state index in [2.05, 4.69) is 0 Å². The molecular formula is C21H32O5. The highest BCUT2D eigenvalue weighted by atomic mass is 16.4. The van der Waals surface area contributed by atoms with E-state index in [0.29, 0.717) is 0 Å². The summed E-state index contributed by atoms with van der Waals surface area (Å²) in [5.41, 5.74) is -0.368. The molecule has 0 amide bonds. The van der Waals surface area contributed by atoms with Crippen molar-refractivity contribution in [3.05, 3.63) is 23.3 Å². The molecule has 5 nitrogen and oxygen atoms in total. The largest absolute Gasteiger partial charge is 0.389 e. The Morgan fingerprint density at radius 3 is 2.12 bits per heavy atom. The van der Waals surface area contributed by atoms with E-state index < -0.39 is 40.9 Å². The van der Waals surface area contributed by atoms with Crippen molar-refractivity contribution in [2.75, 3.05) is 0 Å². The summed E-state index contributed by atoms with van der Waals surface area (Å²) in [6.45, 7) is 11.0. The van der Waals surface area contributed by atoms with Crippen LogP contribution in [-0.2, 0) is 14.4 Å². The standard InChI is InChI=1S/C21H32O5/c1-12(2)7-9-15-19(24)18(16(22)11-14(5)6)20(25)21(15,26)17(23)10-8-13(3)4/h7-8,14-15,17-18,23,26H,9-11H2,1-6H3/t15-,17+,18?,21-/m0/s1. The van der Waals surface area contributed by atoms with Gasteiger partial charge in [-0.3, -0.25) is 14.4 Å². The molecule has 26 heavy (non-hydrogen) atoms. The van der Waals surface area contributed by atoms with Crippen LogP contribution in [0, 0.1) is 17.8 Å². The zero-order valence-corrected chi connectivity index (χ0v) is 16.7. The van der Waals surface area contributed by atoms with Crippen LogP contribution < -0.4 is 0 Å². The third-order valence-electron chi connectivity index (χ3n) is 4.77. The van der Waals surface area contributed by atoms with Gasteiger partial charge in [-0.25, -0.2) is 0 Å². The molecule has 0 aromatic rings. The molecule has 0 bridgehead atoms. The van der Waals surface area contributed by atoms with Gasteiger partial charge in [0.1, 0.15) is 5.92 Å². The minimum atomic E-state index is -2.23. The van der Waals surface area contributed by atoms with Crippen LogP contribution in [0.2, 0.25) is 0 Å². The Bertz CT molecular complexity index is 620. The Hall–Kier alpha value is -1.59. The summed E-state index contributed by atoms with van der Waals surface area (Å²) in [7, 11) is 0. The van der Waals surface area contributed by atoms with Gasteiger partial charge in [0.15, 0.2) is 23.0 Å². The normalized spacial score (nSPS) is 26.8. The maximum absolute atomic E-state index is 12.9. The molecule has 0 aromatic heterocycles. The van der Waals surface area contributed by atoms with E-state index in [9.17, 15) is 24.6 Å². The second kappa shape index (κ2) is 8.87. The Morgan fingerprint density at radius 2 is 1.65 bits per heavy atom. The number of carbonyl (C=O) groups excluding carboxylic acids is 3. The highest BCUT2D eigenvalue weighted by Gasteiger charge is 2.63. The van der Waals surface area contributed by atoms with E-state index >= 15 is 0 Å². The molecule has 1 aliphatic rings. The lowest BCUT2D eigenvalue weighted by atomic mass is 9.80. The van der Waals surface area contributed by atoms with Crippen LogP contribution in [0.5, 0.6) is 0 Å². The number of carbonyl (C=O) groups is 3. The van der Waals surface area contributed by atoms with Crippen molar-refractivity contribution in [3.8, 4) is 0 Å². The molecule has 1 saturated carbocycles. The van der Waals surface area contributed by atoms with Gasteiger partial charge >= 0.3 is 0 Å². The van der Waals surface area contributed by atoms with Gasteiger partial charge in [-0.15, -0.1) is 0 Å². The van der Waals surface area contributed by atoms with E-state index in [1.54, 1.807) is 12.2 Å². The highest BCUT2D eigenvalue weighted by molar-refractivity contribution is 6.27. The first kappa shape index (κ1) is 22.5. The Balaban J connectivity index is 3.30. The SMILES string of the molecule is CC(C)=CC[C@@H](O)[C@]1(O)C(=O)C(C(=O)CC(C)C)C(=O)[C@@H]1CC=C(C)C. The molecule has 0 aromatic carbocycles. The van der Waals surface area contributed by atoms with E-state index in [0.717, 1.165) is 11.1 Å². The number of hydrogen-bond donors (Lipinski definition) is 2. The fraction of sp³-hybridized carbons (Fsp3) is 0.667. The zero-order valence-electron chi connectivity index (χ0n) is 16.7. The third-order valence-corrected chi connectivity index (χ3v) is 4.77. The maximum Gasteiger partial charge on any atom is 0.185 e. The topological polar surface area (TPSA) is 91.7 Å². The number of allylic oxidation sites excluding steroid dienone is 3. The maximum atomic E-state index is 12.9. The lowest BCUT2D eigenvalue weighted by Crippen LogP contribution is -2.52. The Kier molecular flexibility index (Phi) is 7.66. The molecule has 0 aliphatic heterocycles. The number of aliphatic hydroxyl groups is 2. The third kappa shape index (κ3) is 4.77. The minimum Gasteiger partial charge on any atom is -0.389 e. The van der Waals surface area contributed by atoms with Gasteiger partial charge in [-0.1, -0.05) is 37.1 Å². The zero-order chi connectivity index (χ0) is 20.2. The molecule has 5 heteroatoms. The van der Waals surface area contributed by atoms with Crippen molar-refractivity contribution in [3.63, 3.8) is 0 Å².